The molecule has 4 aromatic rings. The van der Waals surface area contributed by atoms with E-state index in [1.165, 1.54) is 0 Å². The molecule has 0 unspecified atom stereocenters. The molecule has 5 rings (SSSR count). The van der Waals surface area contributed by atoms with Crippen molar-refractivity contribution in [3.05, 3.63) is 89.6 Å². The van der Waals surface area contributed by atoms with Crippen LogP contribution in [0.25, 0.3) is 11.0 Å². The minimum atomic E-state index is -0.320. The molecule has 7 nitrogen and oxygen atoms in total. The van der Waals surface area contributed by atoms with E-state index in [4.69, 9.17) is 13.6 Å². The SMILES string of the molecule is Cc1cccc(CC(=O)Nc2c(C(=O)N(Cc3ccco3)C[C@@H]3CCCO3)oc3ccccc23)c1. The first kappa shape index (κ1) is 22.9. The summed E-state index contributed by atoms with van der Waals surface area (Å²) in [5, 5.41) is 3.64. The molecule has 0 saturated carbocycles. The number of aryl methyl sites for hydroxylation is 1. The largest absolute Gasteiger partial charge is 0.467 e. The fourth-order valence-corrected chi connectivity index (χ4v) is 4.50. The molecule has 2 aromatic heterocycles. The summed E-state index contributed by atoms with van der Waals surface area (Å²) < 4.78 is 17.3. The topological polar surface area (TPSA) is 84.9 Å². The Kier molecular flexibility index (Phi) is 6.68. The molecule has 1 fully saturated rings. The van der Waals surface area contributed by atoms with Crippen LogP contribution in [0.5, 0.6) is 0 Å². The quantitative estimate of drug-likeness (QED) is 0.374. The molecule has 2 amide bonds. The predicted molar refractivity (Wildman–Crippen MR) is 132 cm³/mol. The van der Waals surface area contributed by atoms with Gasteiger partial charge in [0.1, 0.15) is 17.0 Å². The van der Waals surface area contributed by atoms with Crippen LogP contribution in [0.1, 0.15) is 40.3 Å². The van der Waals surface area contributed by atoms with Crippen molar-refractivity contribution in [3.8, 4) is 0 Å². The number of hydrogen-bond acceptors (Lipinski definition) is 5. The Morgan fingerprint density at radius 3 is 2.74 bits per heavy atom. The summed E-state index contributed by atoms with van der Waals surface area (Å²) in [5.74, 6) is 0.234. The van der Waals surface area contributed by atoms with Crippen LogP contribution in [0, 0.1) is 6.92 Å². The van der Waals surface area contributed by atoms with Gasteiger partial charge in [-0.1, -0.05) is 42.0 Å². The number of rotatable bonds is 8. The molecule has 0 spiro atoms. The van der Waals surface area contributed by atoms with E-state index in [0.717, 1.165) is 24.0 Å². The second-order valence-electron chi connectivity index (χ2n) is 8.92. The molecule has 0 aliphatic carbocycles. The Labute approximate surface area is 203 Å². The van der Waals surface area contributed by atoms with Crippen molar-refractivity contribution in [2.75, 3.05) is 18.5 Å². The van der Waals surface area contributed by atoms with Crippen molar-refractivity contribution in [1.82, 2.24) is 4.90 Å². The number of para-hydroxylation sites is 1. The first-order valence-electron chi connectivity index (χ1n) is 11.9. The van der Waals surface area contributed by atoms with Crippen LogP contribution in [0.4, 0.5) is 5.69 Å². The zero-order chi connectivity index (χ0) is 24.2. The van der Waals surface area contributed by atoms with E-state index in [1.807, 2.05) is 55.5 Å². The molecule has 7 heteroatoms. The van der Waals surface area contributed by atoms with E-state index in [0.29, 0.717) is 35.6 Å². The highest BCUT2D eigenvalue weighted by Gasteiger charge is 2.30. The van der Waals surface area contributed by atoms with Crippen LogP contribution < -0.4 is 5.32 Å². The maximum absolute atomic E-state index is 13.8. The van der Waals surface area contributed by atoms with Gasteiger partial charge in [0.15, 0.2) is 0 Å². The number of benzene rings is 2. The summed E-state index contributed by atoms with van der Waals surface area (Å²) in [7, 11) is 0. The van der Waals surface area contributed by atoms with Gasteiger partial charge < -0.3 is 23.8 Å². The van der Waals surface area contributed by atoms with Gasteiger partial charge in [0.25, 0.3) is 5.91 Å². The van der Waals surface area contributed by atoms with Gasteiger partial charge in [-0.15, -0.1) is 0 Å². The number of carbonyl (C=O) groups is 2. The molecule has 3 heterocycles. The van der Waals surface area contributed by atoms with Crippen molar-refractivity contribution in [2.45, 2.75) is 38.8 Å². The number of ether oxygens (including phenoxy) is 1. The Hall–Kier alpha value is -3.84. The summed E-state index contributed by atoms with van der Waals surface area (Å²) in [6.45, 7) is 3.37. The number of fused-ring (bicyclic) bond motifs is 1. The summed E-state index contributed by atoms with van der Waals surface area (Å²) in [4.78, 5) is 28.5. The minimum absolute atomic E-state index is 0.0438. The lowest BCUT2D eigenvalue weighted by atomic mass is 10.1. The summed E-state index contributed by atoms with van der Waals surface area (Å²) in [5.41, 5.74) is 2.92. The van der Waals surface area contributed by atoms with Crippen LogP contribution in [-0.4, -0.2) is 36.0 Å². The fraction of sp³-hybridized carbons (Fsp3) is 0.286. The molecule has 1 saturated heterocycles. The van der Waals surface area contributed by atoms with Crippen LogP contribution in [0.2, 0.25) is 0 Å². The third kappa shape index (κ3) is 5.30. The van der Waals surface area contributed by atoms with Crippen LogP contribution in [0.15, 0.2) is 75.8 Å². The first-order chi connectivity index (χ1) is 17.1. The second kappa shape index (κ2) is 10.2. The zero-order valence-corrected chi connectivity index (χ0v) is 19.7. The third-order valence-corrected chi connectivity index (χ3v) is 6.16. The van der Waals surface area contributed by atoms with Gasteiger partial charge in [0, 0.05) is 18.5 Å². The van der Waals surface area contributed by atoms with Crippen molar-refractivity contribution in [1.29, 1.82) is 0 Å². The molecular formula is C28H28N2O5. The third-order valence-electron chi connectivity index (χ3n) is 6.16. The van der Waals surface area contributed by atoms with Crippen molar-refractivity contribution < 1.29 is 23.2 Å². The Morgan fingerprint density at radius 2 is 1.97 bits per heavy atom. The molecule has 35 heavy (non-hydrogen) atoms. The average Bonchev–Trinajstić information content (AvgIpc) is 3.61. The number of nitrogens with one attached hydrogen (secondary N) is 1. The minimum Gasteiger partial charge on any atom is -0.467 e. The summed E-state index contributed by atoms with van der Waals surface area (Å²) in [6, 6.07) is 18.8. The van der Waals surface area contributed by atoms with Gasteiger partial charge in [-0.25, -0.2) is 0 Å². The standard InChI is InChI=1S/C28H28N2O5/c1-19-7-4-8-20(15-19)16-25(31)29-26-23-11-2-3-12-24(23)35-27(26)28(32)30(17-21-9-5-13-33-21)18-22-10-6-14-34-22/h2-5,7-9,11-13,15,22H,6,10,14,16-18H2,1H3,(H,29,31)/t22-/m0/s1. The fourth-order valence-electron chi connectivity index (χ4n) is 4.50. The van der Waals surface area contributed by atoms with Gasteiger partial charge in [-0.05, 0) is 49.6 Å². The number of amides is 2. The molecule has 1 N–H and O–H groups in total. The van der Waals surface area contributed by atoms with E-state index in [9.17, 15) is 9.59 Å². The molecule has 0 bridgehead atoms. The maximum Gasteiger partial charge on any atom is 0.292 e. The van der Waals surface area contributed by atoms with E-state index < -0.39 is 0 Å². The summed E-state index contributed by atoms with van der Waals surface area (Å²) >= 11 is 0. The molecule has 1 aliphatic heterocycles. The average molecular weight is 473 g/mol. The van der Waals surface area contributed by atoms with E-state index >= 15 is 0 Å². The van der Waals surface area contributed by atoms with E-state index in [-0.39, 0.29) is 36.6 Å². The van der Waals surface area contributed by atoms with Gasteiger partial charge in [-0.2, -0.15) is 0 Å². The monoisotopic (exact) mass is 472 g/mol. The number of furan rings is 2. The van der Waals surface area contributed by atoms with Crippen molar-refractivity contribution in [2.24, 2.45) is 0 Å². The highest BCUT2D eigenvalue weighted by atomic mass is 16.5. The zero-order valence-electron chi connectivity index (χ0n) is 19.7. The van der Waals surface area contributed by atoms with Gasteiger partial charge >= 0.3 is 0 Å². The number of carbonyl (C=O) groups excluding carboxylic acids is 2. The molecule has 2 aromatic carbocycles. The molecule has 180 valence electrons. The van der Waals surface area contributed by atoms with Gasteiger partial charge in [-0.3, -0.25) is 9.59 Å². The molecular weight excluding hydrogens is 444 g/mol. The smallest absolute Gasteiger partial charge is 0.292 e. The van der Waals surface area contributed by atoms with Crippen LogP contribution in [0.3, 0.4) is 0 Å². The summed E-state index contributed by atoms with van der Waals surface area (Å²) in [6.07, 6.45) is 3.60. The lowest BCUT2D eigenvalue weighted by Gasteiger charge is -2.24. The molecule has 1 aliphatic rings. The highest BCUT2D eigenvalue weighted by molar-refractivity contribution is 6.11. The second-order valence-corrected chi connectivity index (χ2v) is 8.92. The predicted octanol–water partition coefficient (Wildman–Crippen LogP) is 5.34. The normalized spacial score (nSPS) is 15.4. The van der Waals surface area contributed by atoms with Gasteiger partial charge in [0.2, 0.25) is 11.7 Å². The highest BCUT2D eigenvalue weighted by Crippen LogP contribution is 2.32. The van der Waals surface area contributed by atoms with Gasteiger partial charge in [0.05, 0.1) is 25.3 Å². The number of anilines is 1. The van der Waals surface area contributed by atoms with E-state index in [1.54, 1.807) is 23.3 Å². The van der Waals surface area contributed by atoms with Crippen LogP contribution >= 0.6 is 0 Å². The Morgan fingerprint density at radius 1 is 1.09 bits per heavy atom. The Bertz CT molecular complexity index is 1320. The molecule has 1 atom stereocenters. The molecule has 0 radical (unpaired) electrons. The van der Waals surface area contributed by atoms with Crippen molar-refractivity contribution >= 4 is 28.5 Å². The first-order valence-corrected chi connectivity index (χ1v) is 11.9. The number of nitrogens with zero attached hydrogens (tertiary/aromatic N) is 1. The van der Waals surface area contributed by atoms with Crippen LogP contribution in [-0.2, 0) is 22.5 Å². The maximum atomic E-state index is 13.8. The lowest BCUT2D eigenvalue weighted by Crippen LogP contribution is -2.37. The van der Waals surface area contributed by atoms with Crippen molar-refractivity contribution in [3.63, 3.8) is 0 Å². The lowest BCUT2D eigenvalue weighted by molar-refractivity contribution is -0.115. The number of hydrogen-bond donors (Lipinski definition) is 1. The van der Waals surface area contributed by atoms with E-state index in [2.05, 4.69) is 5.32 Å². The Balaban J connectivity index is 1.45.